The van der Waals surface area contributed by atoms with Gasteiger partial charge in [-0.1, -0.05) is 45.9 Å². The number of aliphatic hydroxyl groups excluding tert-OH is 1. The van der Waals surface area contributed by atoms with Crippen molar-refractivity contribution in [3.05, 3.63) is 258 Å². The molecule has 3 aliphatic rings. The molecule has 1 aliphatic carbocycles. The van der Waals surface area contributed by atoms with Gasteiger partial charge in [-0.05, 0) is 141 Å². The number of thiophene rings is 3. The van der Waals surface area contributed by atoms with Gasteiger partial charge >= 0.3 is 17.1 Å². The number of imidazole rings is 3. The maximum absolute atomic E-state index is 12.3. The Labute approximate surface area is 693 Å². The Morgan fingerprint density at radius 2 is 1.03 bits per heavy atom. The lowest BCUT2D eigenvalue weighted by Crippen LogP contribution is -2.35. The van der Waals surface area contributed by atoms with Crippen molar-refractivity contribution in [2.24, 2.45) is 5.92 Å². The number of anilines is 2. The Hall–Kier alpha value is -14.0. The summed E-state index contributed by atoms with van der Waals surface area (Å²) in [6.45, 7) is 25.8. The number of aromatic amines is 6. The predicted molar refractivity (Wildman–Crippen MR) is 461 cm³/mol. The van der Waals surface area contributed by atoms with Crippen LogP contribution in [0.3, 0.4) is 0 Å². The van der Waals surface area contributed by atoms with Gasteiger partial charge in [-0.15, -0.1) is 34.0 Å². The van der Waals surface area contributed by atoms with E-state index in [-0.39, 0.29) is 54.7 Å². The van der Waals surface area contributed by atoms with Crippen LogP contribution in [0.5, 0.6) is 0 Å². The van der Waals surface area contributed by atoms with Crippen LogP contribution in [0.15, 0.2) is 167 Å². The van der Waals surface area contributed by atoms with Crippen molar-refractivity contribution in [3.8, 4) is 31.7 Å². The fourth-order valence-corrected chi connectivity index (χ4v) is 15.3. The highest BCUT2D eigenvalue weighted by atomic mass is 32.1. The number of ether oxygens (including phenoxy) is 2. The number of aromatic nitrogens is 18. The number of hydrogen-bond donors (Lipinski definition) is 12. The Bertz CT molecular complexity index is 6730. The van der Waals surface area contributed by atoms with Gasteiger partial charge in [-0.2, -0.15) is 20.4 Å². The van der Waals surface area contributed by atoms with Gasteiger partial charge in [0.2, 0.25) is 5.91 Å². The molecule has 2 aliphatic heterocycles. The lowest BCUT2D eigenvalue weighted by atomic mass is 10.1. The normalized spacial score (nSPS) is 14.5. The highest BCUT2D eigenvalue weighted by Gasteiger charge is 2.24. The Kier molecular flexibility index (Phi) is 25.5. The van der Waals surface area contributed by atoms with Gasteiger partial charge in [0, 0.05) is 104 Å². The van der Waals surface area contributed by atoms with Crippen LogP contribution in [0.2, 0.25) is 0 Å². The van der Waals surface area contributed by atoms with Crippen LogP contribution in [0.4, 0.5) is 11.5 Å². The molecule has 0 spiro atoms. The number of benzene rings is 1. The summed E-state index contributed by atoms with van der Waals surface area (Å²) in [5.41, 5.74) is 10.6. The number of hydrogen-bond acceptors (Lipinski definition) is 23. The van der Waals surface area contributed by atoms with Crippen LogP contribution >= 0.6 is 34.0 Å². The smallest absolute Gasteiger partial charge is 0.323 e. The van der Waals surface area contributed by atoms with Gasteiger partial charge in [0.1, 0.15) is 5.82 Å². The lowest BCUT2D eigenvalue weighted by Gasteiger charge is -2.26. The first-order chi connectivity index (χ1) is 57.6. The number of carbonyl (C=O) groups excluding carboxylic acids is 4. The molecule has 3 fully saturated rings. The first-order valence-corrected chi connectivity index (χ1v) is 40.2. The number of fused-ring (bicyclic) bond motifs is 4. The number of H-pyrrole nitrogens is 6. The Morgan fingerprint density at radius 1 is 0.583 bits per heavy atom. The van der Waals surface area contributed by atoms with Gasteiger partial charge in [-0.3, -0.25) is 24.1 Å². The van der Waals surface area contributed by atoms with Crippen LogP contribution in [-0.2, 0) is 20.8 Å². The fraction of sp³-hybridized carbons (Fsp3) is 0.217. The van der Waals surface area contributed by atoms with Crippen LogP contribution in [0, 0.1) is 5.92 Å². The Balaban J connectivity index is 0.000000131. The molecule has 12 N–H and O–H groups in total. The zero-order chi connectivity index (χ0) is 82.8. The fourth-order valence-electron chi connectivity index (χ4n) is 12.6. The molecule has 1 atom stereocenters. The van der Waals surface area contributed by atoms with Crippen LogP contribution in [0.1, 0.15) is 97.4 Å². The molecule has 16 heterocycles. The minimum Gasteiger partial charge on any atom is -0.392 e. The average molecular weight is 1670 g/mol. The molecule has 120 heavy (non-hydrogen) atoms. The summed E-state index contributed by atoms with van der Waals surface area (Å²) in [6.07, 6.45) is 23.4. The van der Waals surface area contributed by atoms with E-state index in [0.717, 1.165) is 105 Å². The van der Waals surface area contributed by atoms with Gasteiger partial charge in [0.05, 0.1) is 136 Å². The summed E-state index contributed by atoms with van der Waals surface area (Å²) < 4.78 is 17.3. The van der Waals surface area contributed by atoms with Crippen LogP contribution in [0.25, 0.3) is 98.3 Å². The molecule has 0 bridgehead atoms. The number of allylic oxidation sites excluding steroid dienone is 1. The number of carbonyl (C=O) groups is 4. The number of morpholine rings is 1. The number of nitrogens with one attached hydrogen (secondary N) is 11. The summed E-state index contributed by atoms with van der Waals surface area (Å²) in [6, 6.07) is 26.8. The molecule has 614 valence electrons. The van der Waals surface area contributed by atoms with Crippen molar-refractivity contribution in [2.75, 3.05) is 64.5 Å². The van der Waals surface area contributed by atoms with Gasteiger partial charge < -0.3 is 71.1 Å². The molecular formula is C83H84N24O10S3. The number of nitrogens with zero attached hydrogens (tertiary/aromatic N) is 13. The first kappa shape index (κ1) is 82.6. The van der Waals surface area contributed by atoms with Gasteiger partial charge in [0.15, 0.2) is 22.6 Å². The number of rotatable bonds is 22. The monoisotopic (exact) mass is 1670 g/mol. The van der Waals surface area contributed by atoms with Crippen LogP contribution < -0.4 is 75.7 Å². The zero-order valence-corrected chi connectivity index (χ0v) is 66.8. The average Bonchev–Trinajstić information content (AvgIpc) is 1.70. The third-order valence-corrected chi connectivity index (χ3v) is 22.2. The largest absolute Gasteiger partial charge is 0.392 e. The molecule has 37 heteroatoms. The molecular weight excluding hydrogens is 1590 g/mol. The molecule has 0 radical (unpaired) electrons. The third-order valence-electron chi connectivity index (χ3n) is 18.9. The summed E-state index contributed by atoms with van der Waals surface area (Å²) in [5, 5.41) is 44.4. The molecule has 15 aromatic rings. The summed E-state index contributed by atoms with van der Waals surface area (Å²) in [4.78, 5) is 124. The van der Waals surface area contributed by atoms with E-state index in [1.807, 2.05) is 86.2 Å². The highest BCUT2D eigenvalue weighted by molar-refractivity contribution is 7.18. The van der Waals surface area contributed by atoms with E-state index in [4.69, 9.17) is 24.4 Å². The molecule has 1 aromatic carbocycles. The SMILES string of the molecule is C.C=C1NC(=O)C/C1=C\c1cnn2ccc(Nc3cccc(CN4CCOCC4)c3)nc12.C=c1[nH]c(=O)[nH]/c1=C\c1cnn2ccc(-c3ccc(C(=O)NCC(C)O)s3)nc12.C=c1[nH]c(=O)[nH]/c1=C\c1cnn2ccc(-c3ccc(C(=O)NCC4CC4)s3)nc12.C=c1[nH]c(=O)[nH]/c1=C\c1cnn2ccc(-c3ccc(C(=O)NCCOCC)s3)nc12. The number of amides is 4. The van der Waals surface area contributed by atoms with Crippen molar-refractivity contribution < 1.29 is 33.8 Å². The topological polar surface area (TPSA) is 437 Å². The summed E-state index contributed by atoms with van der Waals surface area (Å²) in [7, 11) is 0. The molecule has 14 aromatic heterocycles. The second kappa shape index (κ2) is 37.1. The second-order valence-electron chi connectivity index (χ2n) is 27.8. The van der Waals surface area contributed by atoms with Gasteiger partial charge in [0.25, 0.3) is 17.7 Å². The molecule has 1 unspecified atom stereocenters. The van der Waals surface area contributed by atoms with E-state index in [0.29, 0.717) is 113 Å². The molecule has 18 rings (SSSR count). The second-order valence-corrected chi connectivity index (χ2v) is 31.1. The van der Waals surface area contributed by atoms with Crippen LogP contribution in [-0.4, -0.2) is 187 Å². The molecule has 1 saturated carbocycles. The summed E-state index contributed by atoms with van der Waals surface area (Å²) >= 11 is 4.10. The minimum atomic E-state index is -0.604. The lowest BCUT2D eigenvalue weighted by molar-refractivity contribution is -0.118. The molecule has 4 amide bonds. The van der Waals surface area contributed by atoms with E-state index >= 15 is 0 Å². The summed E-state index contributed by atoms with van der Waals surface area (Å²) in [5.74, 6) is 0.932. The third kappa shape index (κ3) is 20.2. The van der Waals surface area contributed by atoms with E-state index in [2.05, 4.69) is 131 Å². The maximum atomic E-state index is 12.3. The molecule has 2 saturated heterocycles. The van der Waals surface area contributed by atoms with Crippen molar-refractivity contribution in [2.45, 2.75) is 53.2 Å². The van der Waals surface area contributed by atoms with Crippen molar-refractivity contribution in [3.63, 3.8) is 0 Å². The minimum absolute atomic E-state index is 0. The van der Waals surface area contributed by atoms with Crippen molar-refractivity contribution in [1.29, 1.82) is 0 Å². The van der Waals surface area contributed by atoms with Crippen molar-refractivity contribution in [1.82, 2.24) is 114 Å². The first-order valence-electron chi connectivity index (χ1n) is 37.8. The van der Waals surface area contributed by atoms with E-state index in [9.17, 15) is 38.7 Å². The standard InChI is InChI=1S/C23H24N6O2.C20H20N6O3S.C20H18N6O2S.C19H18N6O3S.CH4/c1-16-18(13-22(30)25-16)12-19-14-24-29-6-5-21(27-23(19)29)26-20-4-2-3-17(11-20)15-28-7-9-31-10-8-28;1-3-29-9-7-21-19(27)17-5-4-16(30-17)14-6-8-26-18(24-14)13(11-22-26)10-15-12(2)23-20(28)25-15;1-11-15(25-20(28)23-11)8-13-10-22-26-7-6-14(24-18(13)26)16-4-5-17(29-16)19(27)21-9-12-2-3-12;1-10(26)8-20-18(27)16-4-3-15(29-16)13-5-6-25-17(23-13)12(9-21-25)7-14-11(2)22-19(28)24-14;/h2-6,11-12,14H,1,7-10,13,15H2,(H,25,30)(H,26,27);4-6,8,10-11H,2-3,7,9H2,1H3,(H,21,27)(H2,23,25,28);4-8,10,12H,1-3,9H2,(H,21,27)(H2,23,25,28);3-7,9-10,26H,2,8H2,1H3,(H,20,27)(H2,22,24,28);1H4/b18-12+;15-10-;15-8-;14-7-;. The van der Waals surface area contributed by atoms with E-state index < -0.39 is 6.10 Å². The van der Waals surface area contributed by atoms with E-state index in [1.165, 1.54) is 52.4 Å². The van der Waals surface area contributed by atoms with E-state index in [1.54, 1.807) is 86.3 Å². The van der Waals surface area contributed by atoms with Gasteiger partial charge in [-0.25, -0.2) is 52.4 Å². The predicted octanol–water partition coefficient (Wildman–Crippen LogP) is 4.51. The molecule has 34 nitrogen and oxygen atoms in total. The number of aliphatic hydroxyl groups is 1. The zero-order valence-electron chi connectivity index (χ0n) is 64.3. The quantitative estimate of drug-likeness (QED) is 0.0415. The Morgan fingerprint density at radius 3 is 1.47 bits per heavy atom. The van der Waals surface area contributed by atoms with Crippen molar-refractivity contribution >= 4 is 136 Å². The maximum Gasteiger partial charge on any atom is 0.323 e. The highest BCUT2D eigenvalue weighted by Crippen LogP contribution is 2.33.